The molecule has 0 saturated carbocycles. The zero-order valence-electron chi connectivity index (χ0n) is 12.8. The Morgan fingerprint density at radius 1 is 1.00 bits per heavy atom. The number of hydrogen-bond acceptors (Lipinski definition) is 9. The lowest BCUT2D eigenvalue weighted by Gasteiger charge is -2.42. The molecule has 5 atom stereocenters. The highest BCUT2D eigenvalue weighted by atomic mass is 16.7. The standard InChI is InChI=1S/C13H20O9/c1-6(14)19-5-9-11(20-7(2)15)10(17)12(21-8(3)16)13(18-4)22-9/h9-13,17H,5H2,1-4H3/t9-,10-,11+,12-,13-/m1/s1. The Balaban J connectivity index is 2.94. The monoisotopic (exact) mass is 320 g/mol. The molecule has 0 spiro atoms. The topological polar surface area (TPSA) is 118 Å². The van der Waals surface area contributed by atoms with E-state index >= 15 is 0 Å². The van der Waals surface area contributed by atoms with Gasteiger partial charge in [-0.05, 0) is 0 Å². The van der Waals surface area contributed by atoms with Crippen LogP contribution in [-0.2, 0) is 38.1 Å². The van der Waals surface area contributed by atoms with E-state index in [1.807, 2.05) is 0 Å². The lowest BCUT2D eigenvalue weighted by atomic mass is 9.98. The van der Waals surface area contributed by atoms with Crippen molar-refractivity contribution in [1.29, 1.82) is 0 Å². The van der Waals surface area contributed by atoms with Gasteiger partial charge in [0.1, 0.15) is 18.8 Å². The van der Waals surface area contributed by atoms with Crippen molar-refractivity contribution in [2.45, 2.75) is 51.5 Å². The minimum Gasteiger partial charge on any atom is -0.463 e. The van der Waals surface area contributed by atoms with E-state index in [4.69, 9.17) is 23.7 Å². The molecule has 1 rings (SSSR count). The van der Waals surface area contributed by atoms with E-state index in [0.717, 1.165) is 13.8 Å². The van der Waals surface area contributed by atoms with Crippen LogP contribution in [0, 0.1) is 0 Å². The molecule has 0 aromatic heterocycles. The van der Waals surface area contributed by atoms with Crippen molar-refractivity contribution in [2.75, 3.05) is 13.7 Å². The van der Waals surface area contributed by atoms with Crippen LogP contribution in [0.2, 0.25) is 0 Å². The predicted octanol–water partition coefficient (Wildman–Crippen LogP) is -0.855. The second kappa shape index (κ2) is 8.06. The molecule has 1 N–H and O–H groups in total. The molecule has 1 heterocycles. The van der Waals surface area contributed by atoms with Crippen molar-refractivity contribution in [2.24, 2.45) is 0 Å². The number of carbonyl (C=O) groups is 3. The number of aliphatic hydroxyl groups is 1. The van der Waals surface area contributed by atoms with Crippen molar-refractivity contribution in [1.82, 2.24) is 0 Å². The van der Waals surface area contributed by atoms with E-state index in [1.54, 1.807) is 0 Å². The van der Waals surface area contributed by atoms with Crippen LogP contribution < -0.4 is 0 Å². The highest BCUT2D eigenvalue weighted by molar-refractivity contribution is 5.67. The second-order valence-electron chi connectivity index (χ2n) is 4.72. The molecule has 0 aromatic carbocycles. The molecule has 9 heteroatoms. The molecule has 0 radical (unpaired) electrons. The zero-order valence-corrected chi connectivity index (χ0v) is 12.8. The zero-order chi connectivity index (χ0) is 16.9. The van der Waals surface area contributed by atoms with Gasteiger partial charge in [-0.25, -0.2) is 0 Å². The summed E-state index contributed by atoms with van der Waals surface area (Å²) in [6.07, 6.45) is -5.80. The molecule has 0 bridgehead atoms. The van der Waals surface area contributed by atoms with E-state index in [9.17, 15) is 19.5 Å². The highest BCUT2D eigenvalue weighted by Crippen LogP contribution is 2.27. The quantitative estimate of drug-likeness (QED) is 0.510. The van der Waals surface area contributed by atoms with Crippen molar-refractivity contribution < 1.29 is 43.2 Å². The lowest BCUT2D eigenvalue weighted by molar-refractivity contribution is -0.300. The fourth-order valence-electron chi connectivity index (χ4n) is 2.07. The Labute approximate surface area is 127 Å². The fraction of sp³-hybridized carbons (Fsp3) is 0.769. The van der Waals surface area contributed by atoms with Gasteiger partial charge in [0.2, 0.25) is 0 Å². The van der Waals surface area contributed by atoms with E-state index in [1.165, 1.54) is 14.0 Å². The molecule has 1 saturated heterocycles. The van der Waals surface area contributed by atoms with Crippen molar-refractivity contribution in [3.05, 3.63) is 0 Å². The van der Waals surface area contributed by atoms with Crippen LogP contribution in [0.1, 0.15) is 20.8 Å². The van der Waals surface area contributed by atoms with Gasteiger partial charge >= 0.3 is 17.9 Å². The van der Waals surface area contributed by atoms with E-state index in [2.05, 4.69) is 0 Å². The first-order chi connectivity index (χ1) is 10.3. The van der Waals surface area contributed by atoms with Crippen LogP contribution in [0.4, 0.5) is 0 Å². The van der Waals surface area contributed by atoms with Gasteiger partial charge in [0.05, 0.1) is 0 Å². The van der Waals surface area contributed by atoms with Gasteiger partial charge < -0.3 is 28.8 Å². The molecule has 1 aliphatic heterocycles. The number of carbonyl (C=O) groups excluding carboxylic acids is 3. The van der Waals surface area contributed by atoms with Crippen LogP contribution in [0.3, 0.4) is 0 Å². The first kappa shape index (κ1) is 18.3. The van der Waals surface area contributed by atoms with Crippen molar-refractivity contribution >= 4 is 17.9 Å². The van der Waals surface area contributed by atoms with E-state index in [0.29, 0.717) is 0 Å². The largest absolute Gasteiger partial charge is 0.463 e. The number of ether oxygens (including phenoxy) is 5. The number of hydrogen-bond donors (Lipinski definition) is 1. The Bertz CT molecular complexity index is 420. The summed E-state index contributed by atoms with van der Waals surface area (Å²) in [6, 6.07) is 0. The van der Waals surface area contributed by atoms with Crippen LogP contribution in [0.5, 0.6) is 0 Å². The molecule has 22 heavy (non-hydrogen) atoms. The minimum atomic E-state index is -1.40. The molecular formula is C13H20O9. The van der Waals surface area contributed by atoms with Gasteiger partial charge in [-0.1, -0.05) is 0 Å². The fourth-order valence-corrected chi connectivity index (χ4v) is 2.07. The first-order valence-corrected chi connectivity index (χ1v) is 6.60. The number of aliphatic hydroxyl groups excluding tert-OH is 1. The second-order valence-corrected chi connectivity index (χ2v) is 4.72. The molecular weight excluding hydrogens is 300 g/mol. The Morgan fingerprint density at radius 2 is 1.55 bits per heavy atom. The van der Waals surface area contributed by atoms with Crippen LogP contribution in [0.15, 0.2) is 0 Å². The summed E-state index contributed by atoms with van der Waals surface area (Å²) in [5.74, 6) is -1.89. The maximum absolute atomic E-state index is 11.2. The van der Waals surface area contributed by atoms with E-state index in [-0.39, 0.29) is 6.61 Å². The summed E-state index contributed by atoms with van der Waals surface area (Å²) in [6.45, 7) is 3.26. The third kappa shape index (κ3) is 4.93. The molecule has 9 nitrogen and oxygen atoms in total. The summed E-state index contributed by atoms with van der Waals surface area (Å²) in [7, 11) is 1.29. The molecule has 0 amide bonds. The Hall–Kier alpha value is -1.71. The summed E-state index contributed by atoms with van der Waals surface area (Å²) < 4.78 is 25.3. The van der Waals surface area contributed by atoms with Gasteiger partial charge in [0.15, 0.2) is 18.5 Å². The minimum absolute atomic E-state index is 0.253. The summed E-state index contributed by atoms with van der Waals surface area (Å²) in [5.41, 5.74) is 0. The van der Waals surface area contributed by atoms with Gasteiger partial charge in [0.25, 0.3) is 0 Å². The first-order valence-electron chi connectivity index (χ1n) is 6.60. The maximum Gasteiger partial charge on any atom is 0.303 e. The van der Waals surface area contributed by atoms with Gasteiger partial charge in [-0.15, -0.1) is 0 Å². The highest BCUT2D eigenvalue weighted by Gasteiger charge is 2.49. The average molecular weight is 320 g/mol. The molecule has 0 aliphatic carbocycles. The Kier molecular flexibility index (Phi) is 6.72. The summed E-state index contributed by atoms with van der Waals surface area (Å²) >= 11 is 0. The molecule has 126 valence electrons. The van der Waals surface area contributed by atoms with Crippen LogP contribution in [-0.4, -0.2) is 67.4 Å². The number of esters is 3. The van der Waals surface area contributed by atoms with Crippen molar-refractivity contribution in [3.8, 4) is 0 Å². The Morgan fingerprint density at radius 3 is 2.00 bits per heavy atom. The molecule has 0 unspecified atom stereocenters. The summed E-state index contributed by atoms with van der Waals surface area (Å²) in [4.78, 5) is 33.2. The molecule has 0 aromatic rings. The summed E-state index contributed by atoms with van der Waals surface area (Å²) in [5, 5.41) is 10.3. The van der Waals surface area contributed by atoms with Crippen LogP contribution >= 0.6 is 0 Å². The SMILES string of the molecule is CO[C@@H]1O[C@H](COC(C)=O)[C@H](OC(C)=O)[C@@H](O)[C@H]1OC(C)=O. The number of methoxy groups -OCH3 is 1. The smallest absolute Gasteiger partial charge is 0.303 e. The normalized spacial score (nSPS) is 31.2. The maximum atomic E-state index is 11.2. The van der Waals surface area contributed by atoms with Gasteiger partial charge in [-0.3, -0.25) is 14.4 Å². The van der Waals surface area contributed by atoms with Crippen molar-refractivity contribution in [3.63, 3.8) is 0 Å². The van der Waals surface area contributed by atoms with Gasteiger partial charge in [0, 0.05) is 27.9 Å². The van der Waals surface area contributed by atoms with Gasteiger partial charge in [-0.2, -0.15) is 0 Å². The van der Waals surface area contributed by atoms with Crippen LogP contribution in [0.25, 0.3) is 0 Å². The molecule has 1 aliphatic rings. The number of rotatable bonds is 5. The predicted molar refractivity (Wildman–Crippen MR) is 69.4 cm³/mol. The lowest BCUT2D eigenvalue weighted by Crippen LogP contribution is -2.61. The van der Waals surface area contributed by atoms with E-state index < -0.39 is 48.6 Å². The average Bonchev–Trinajstić information content (AvgIpc) is 2.41. The molecule has 1 fully saturated rings. The third-order valence-electron chi connectivity index (χ3n) is 2.90. The third-order valence-corrected chi connectivity index (χ3v) is 2.90.